The summed E-state index contributed by atoms with van der Waals surface area (Å²) >= 11 is 0. The van der Waals surface area contributed by atoms with Gasteiger partial charge in [0, 0.05) is 7.11 Å². The molecule has 6 heteroatoms. The molecule has 0 spiro atoms. The lowest BCUT2D eigenvalue weighted by molar-refractivity contribution is -0.0850. The molecule has 1 saturated carbocycles. The Balaban J connectivity index is 1.95. The van der Waals surface area contributed by atoms with Crippen molar-refractivity contribution in [2.45, 2.75) is 31.4 Å². The topological polar surface area (TPSA) is 77.2 Å². The van der Waals surface area contributed by atoms with E-state index in [1.54, 1.807) is 30.0 Å². The van der Waals surface area contributed by atoms with Gasteiger partial charge >= 0.3 is 5.97 Å². The summed E-state index contributed by atoms with van der Waals surface area (Å²) in [5.74, 6) is -0.955. The smallest absolute Gasteiger partial charge is 0.335 e. The Bertz CT molecular complexity index is 626. The number of hydrogen-bond acceptors (Lipinski definition) is 4. The van der Waals surface area contributed by atoms with Crippen LogP contribution in [0, 0.1) is 0 Å². The average Bonchev–Trinajstić information content (AvgIpc) is 2.76. The van der Waals surface area contributed by atoms with Crippen molar-refractivity contribution in [1.29, 1.82) is 0 Å². The van der Waals surface area contributed by atoms with E-state index >= 15 is 0 Å². The first-order chi connectivity index (χ1) is 9.13. The Morgan fingerprint density at radius 2 is 2.32 bits per heavy atom. The molecule has 3 rings (SSSR count). The van der Waals surface area contributed by atoms with Gasteiger partial charge in [0.1, 0.15) is 5.52 Å². The average molecular weight is 261 g/mol. The number of aromatic nitrogens is 3. The second-order valence-corrected chi connectivity index (χ2v) is 5.00. The number of fused-ring (bicyclic) bond motifs is 1. The normalized spacial score (nSPS) is 17.3. The van der Waals surface area contributed by atoms with Crippen LogP contribution in [0.1, 0.15) is 29.6 Å². The van der Waals surface area contributed by atoms with Crippen LogP contribution in [0.2, 0.25) is 0 Å². The van der Waals surface area contributed by atoms with Crippen molar-refractivity contribution in [1.82, 2.24) is 15.0 Å². The molecule has 6 nitrogen and oxygen atoms in total. The molecule has 1 aromatic carbocycles. The lowest BCUT2D eigenvalue weighted by atomic mass is 9.80. The van der Waals surface area contributed by atoms with Gasteiger partial charge in [0.2, 0.25) is 0 Å². The van der Waals surface area contributed by atoms with Crippen LogP contribution in [0.4, 0.5) is 0 Å². The third kappa shape index (κ3) is 1.98. The van der Waals surface area contributed by atoms with Crippen molar-refractivity contribution in [3.8, 4) is 0 Å². The molecule has 1 N–H and O–H groups in total. The Morgan fingerprint density at radius 1 is 1.53 bits per heavy atom. The molecule has 19 heavy (non-hydrogen) atoms. The number of nitrogens with zero attached hydrogens (tertiary/aromatic N) is 3. The van der Waals surface area contributed by atoms with Gasteiger partial charge < -0.3 is 9.84 Å². The number of carboxylic acids is 1. The number of benzene rings is 1. The molecule has 0 amide bonds. The van der Waals surface area contributed by atoms with Crippen LogP contribution >= 0.6 is 0 Å². The van der Waals surface area contributed by atoms with Crippen LogP contribution in [-0.2, 0) is 11.3 Å². The molecule has 1 aromatic heterocycles. The fourth-order valence-electron chi connectivity index (χ4n) is 2.49. The zero-order chi connectivity index (χ0) is 13.5. The molecule has 2 aromatic rings. The molecular formula is C13H15N3O3. The molecule has 1 fully saturated rings. The van der Waals surface area contributed by atoms with E-state index < -0.39 is 5.97 Å². The number of carboxylic acid groups (broad SMARTS) is 1. The predicted molar refractivity (Wildman–Crippen MR) is 68.1 cm³/mol. The van der Waals surface area contributed by atoms with Gasteiger partial charge in [-0.15, -0.1) is 5.10 Å². The van der Waals surface area contributed by atoms with Gasteiger partial charge in [0.15, 0.2) is 0 Å². The standard InChI is InChI=1S/C13H15N3O3/c1-19-13(5-2-6-13)8-16-11-4-3-9(12(17)18)7-10(11)14-15-16/h3-4,7H,2,5-6,8H2,1H3,(H,17,18). The van der Waals surface area contributed by atoms with Crippen molar-refractivity contribution < 1.29 is 14.6 Å². The molecule has 0 bridgehead atoms. The highest BCUT2D eigenvalue weighted by Crippen LogP contribution is 2.36. The van der Waals surface area contributed by atoms with E-state index in [9.17, 15) is 4.79 Å². The first-order valence-corrected chi connectivity index (χ1v) is 6.25. The van der Waals surface area contributed by atoms with E-state index in [1.807, 2.05) is 0 Å². The Morgan fingerprint density at radius 3 is 2.89 bits per heavy atom. The van der Waals surface area contributed by atoms with Crippen LogP contribution in [0.25, 0.3) is 11.0 Å². The van der Waals surface area contributed by atoms with Crippen LogP contribution in [0.5, 0.6) is 0 Å². The van der Waals surface area contributed by atoms with Gasteiger partial charge in [-0.3, -0.25) is 0 Å². The van der Waals surface area contributed by atoms with E-state index in [0.717, 1.165) is 18.4 Å². The van der Waals surface area contributed by atoms with Crippen molar-refractivity contribution >= 4 is 17.0 Å². The maximum absolute atomic E-state index is 10.9. The maximum Gasteiger partial charge on any atom is 0.335 e. The van der Waals surface area contributed by atoms with Crippen LogP contribution < -0.4 is 0 Å². The summed E-state index contributed by atoms with van der Waals surface area (Å²) in [7, 11) is 1.72. The van der Waals surface area contributed by atoms with Gasteiger partial charge in [-0.25, -0.2) is 9.48 Å². The minimum absolute atomic E-state index is 0.133. The molecule has 1 heterocycles. The molecule has 0 radical (unpaired) electrons. The van der Waals surface area contributed by atoms with E-state index in [1.165, 1.54) is 6.42 Å². The number of aromatic carboxylic acids is 1. The SMILES string of the molecule is COC1(Cn2nnc3cc(C(=O)O)ccc32)CCC1. The van der Waals surface area contributed by atoms with Gasteiger partial charge in [0.05, 0.1) is 23.2 Å². The Labute approximate surface area is 110 Å². The van der Waals surface area contributed by atoms with E-state index in [-0.39, 0.29) is 11.2 Å². The van der Waals surface area contributed by atoms with Crippen molar-refractivity contribution in [2.24, 2.45) is 0 Å². The number of ether oxygens (including phenoxy) is 1. The monoisotopic (exact) mass is 261 g/mol. The van der Waals surface area contributed by atoms with Crippen molar-refractivity contribution in [2.75, 3.05) is 7.11 Å². The molecule has 100 valence electrons. The summed E-state index contributed by atoms with van der Waals surface area (Å²) in [5.41, 5.74) is 1.54. The molecule has 0 unspecified atom stereocenters. The zero-order valence-corrected chi connectivity index (χ0v) is 10.7. The second-order valence-electron chi connectivity index (χ2n) is 5.00. The van der Waals surface area contributed by atoms with Crippen LogP contribution in [0.15, 0.2) is 18.2 Å². The van der Waals surface area contributed by atoms with Crippen LogP contribution in [0.3, 0.4) is 0 Å². The summed E-state index contributed by atoms with van der Waals surface area (Å²) in [6, 6.07) is 4.87. The molecule has 1 aliphatic carbocycles. The summed E-state index contributed by atoms with van der Waals surface area (Å²) < 4.78 is 7.37. The zero-order valence-electron chi connectivity index (χ0n) is 10.7. The number of rotatable bonds is 4. The fourth-order valence-corrected chi connectivity index (χ4v) is 2.49. The molecule has 0 atom stereocenters. The highest BCUT2D eigenvalue weighted by molar-refractivity contribution is 5.92. The van der Waals surface area contributed by atoms with Crippen molar-refractivity contribution in [3.05, 3.63) is 23.8 Å². The highest BCUT2D eigenvalue weighted by atomic mass is 16.5. The summed E-state index contributed by atoms with van der Waals surface area (Å²) in [6.07, 6.45) is 3.22. The third-order valence-corrected chi connectivity index (χ3v) is 3.90. The second kappa shape index (κ2) is 4.31. The number of carbonyl (C=O) groups is 1. The number of hydrogen-bond donors (Lipinski definition) is 1. The van der Waals surface area contributed by atoms with E-state index in [2.05, 4.69) is 10.3 Å². The first kappa shape index (κ1) is 12.1. The minimum Gasteiger partial charge on any atom is -0.478 e. The minimum atomic E-state index is -0.955. The molecule has 0 saturated heterocycles. The van der Waals surface area contributed by atoms with Gasteiger partial charge in [-0.1, -0.05) is 5.21 Å². The van der Waals surface area contributed by atoms with Crippen molar-refractivity contribution in [3.63, 3.8) is 0 Å². The highest BCUT2D eigenvalue weighted by Gasteiger charge is 2.38. The molecule has 0 aliphatic heterocycles. The summed E-state index contributed by atoms with van der Waals surface area (Å²) in [6.45, 7) is 0.659. The molecule has 1 aliphatic rings. The Hall–Kier alpha value is -1.95. The number of methoxy groups -OCH3 is 1. The van der Waals surface area contributed by atoms with Gasteiger partial charge in [0.25, 0.3) is 0 Å². The Kier molecular flexibility index (Phi) is 2.74. The van der Waals surface area contributed by atoms with Crippen LogP contribution in [-0.4, -0.2) is 38.8 Å². The van der Waals surface area contributed by atoms with Gasteiger partial charge in [-0.05, 0) is 37.5 Å². The lowest BCUT2D eigenvalue weighted by Crippen LogP contribution is -2.43. The van der Waals surface area contributed by atoms with E-state index in [0.29, 0.717) is 12.1 Å². The summed E-state index contributed by atoms with van der Waals surface area (Å²) in [4.78, 5) is 10.9. The largest absolute Gasteiger partial charge is 0.478 e. The third-order valence-electron chi connectivity index (χ3n) is 3.90. The fraction of sp³-hybridized carbons (Fsp3) is 0.462. The predicted octanol–water partition coefficient (Wildman–Crippen LogP) is 1.70. The maximum atomic E-state index is 10.9. The van der Waals surface area contributed by atoms with Gasteiger partial charge in [-0.2, -0.15) is 0 Å². The lowest BCUT2D eigenvalue weighted by Gasteiger charge is -2.40. The quantitative estimate of drug-likeness (QED) is 0.906. The molecular weight excluding hydrogens is 246 g/mol. The first-order valence-electron chi connectivity index (χ1n) is 6.25. The van der Waals surface area contributed by atoms with E-state index in [4.69, 9.17) is 9.84 Å². The summed E-state index contributed by atoms with van der Waals surface area (Å²) in [5, 5.41) is 17.1.